The van der Waals surface area contributed by atoms with E-state index in [9.17, 15) is 5.11 Å². The van der Waals surface area contributed by atoms with Gasteiger partial charge in [-0.3, -0.25) is 0 Å². The topological polar surface area (TPSA) is 82.6 Å². The normalized spacial score (nSPS) is 29.3. The van der Waals surface area contributed by atoms with Gasteiger partial charge in [-0.15, -0.1) is 0 Å². The summed E-state index contributed by atoms with van der Waals surface area (Å²) in [6.45, 7) is 1.26. The molecule has 0 aromatic carbocycles. The summed E-state index contributed by atoms with van der Waals surface area (Å²) in [5.41, 5.74) is 0. The van der Waals surface area contributed by atoms with E-state index in [1.807, 2.05) is 4.90 Å². The summed E-state index contributed by atoms with van der Waals surface area (Å²) in [6, 6.07) is 0. The van der Waals surface area contributed by atoms with Gasteiger partial charge in [-0.2, -0.15) is 4.98 Å². The van der Waals surface area contributed by atoms with Gasteiger partial charge in [0.05, 0.1) is 6.10 Å². The summed E-state index contributed by atoms with van der Waals surface area (Å²) in [4.78, 5) is 6.35. The number of aromatic nitrogens is 2. The number of aliphatic hydroxyl groups excluding tert-OH is 2. The molecule has 2 aliphatic rings. The second-order valence-electron chi connectivity index (χ2n) is 5.31. The molecular formula is C12H19N3O3. The van der Waals surface area contributed by atoms with Crippen LogP contribution < -0.4 is 4.90 Å². The van der Waals surface area contributed by atoms with Gasteiger partial charge in [0.2, 0.25) is 5.89 Å². The summed E-state index contributed by atoms with van der Waals surface area (Å²) < 4.78 is 5.28. The van der Waals surface area contributed by atoms with Gasteiger partial charge in [0, 0.05) is 31.5 Å². The molecule has 1 aromatic rings. The average Bonchev–Trinajstić information content (AvgIpc) is 2.76. The Labute approximate surface area is 106 Å². The Hall–Kier alpha value is -1.14. The first kappa shape index (κ1) is 11.9. The fourth-order valence-electron chi connectivity index (χ4n) is 2.55. The molecule has 1 saturated heterocycles. The minimum absolute atomic E-state index is 0.0285. The number of β-amino-alcohol motifs (C(OH)–C–C–N with tert-alkyl or cyclic N) is 1. The van der Waals surface area contributed by atoms with Gasteiger partial charge in [0.1, 0.15) is 0 Å². The van der Waals surface area contributed by atoms with Crippen molar-refractivity contribution in [2.75, 3.05) is 24.6 Å². The molecule has 0 amide bonds. The zero-order chi connectivity index (χ0) is 12.5. The maximum Gasteiger partial charge on any atom is 0.266 e. The van der Waals surface area contributed by atoms with Crippen molar-refractivity contribution in [1.82, 2.24) is 10.1 Å². The van der Waals surface area contributed by atoms with Gasteiger partial charge in [-0.25, -0.2) is 0 Å². The van der Waals surface area contributed by atoms with Crippen molar-refractivity contribution in [2.24, 2.45) is 5.92 Å². The number of nitrogens with zero attached hydrogens (tertiary/aromatic N) is 3. The van der Waals surface area contributed by atoms with Crippen LogP contribution in [-0.4, -0.2) is 46.2 Å². The van der Waals surface area contributed by atoms with E-state index in [2.05, 4.69) is 10.1 Å². The first-order valence-corrected chi connectivity index (χ1v) is 6.65. The molecule has 0 bridgehead atoms. The van der Waals surface area contributed by atoms with Crippen LogP contribution in [0.15, 0.2) is 4.52 Å². The van der Waals surface area contributed by atoms with Crippen LogP contribution in [0.3, 0.4) is 0 Å². The molecule has 1 aliphatic heterocycles. The lowest BCUT2D eigenvalue weighted by molar-refractivity contribution is 0.0543. The summed E-state index contributed by atoms with van der Waals surface area (Å²) in [6.07, 6.45) is 3.75. The molecule has 6 heteroatoms. The number of anilines is 1. The van der Waals surface area contributed by atoms with Crippen molar-refractivity contribution >= 4 is 5.95 Å². The number of hydrogen-bond donors (Lipinski definition) is 2. The minimum Gasteiger partial charge on any atom is -0.396 e. The van der Waals surface area contributed by atoms with Crippen molar-refractivity contribution in [3.8, 4) is 0 Å². The second kappa shape index (κ2) is 4.85. The molecule has 3 rings (SSSR count). The van der Waals surface area contributed by atoms with Crippen LogP contribution in [0.4, 0.5) is 5.95 Å². The maximum absolute atomic E-state index is 9.89. The lowest BCUT2D eigenvalue weighted by Gasteiger charge is -2.34. The molecule has 1 saturated carbocycles. The Morgan fingerprint density at radius 1 is 1.33 bits per heavy atom. The first-order valence-electron chi connectivity index (χ1n) is 6.65. The van der Waals surface area contributed by atoms with E-state index >= 15 is 0 Å². The van der Waals surface area contributed by atoms with Crippen LogP contribution in [0.1, 0.15) is 37.5 Å². The zero-order valence-electron chi connectivity index (χ0n) is 10.3. The number of rotatable bonds is 3. The zero-order valence-corrected chi connectivity index (χ0v) is 10.3. The van der Waals surface area contributed by atoms with E-state index in [0.29, 0.717) is 18.4 Å². The van der Waals surface area contributed by atoms with E-state index < -0.39 is 6.10 Å². The number of hydrogen-bond acceptors (Lipinski definition) is 6. The summed E-state index contributed by atoms with van der Waals surface area (Å²) >= 11 is 0. The summed E-state index contributed by atoms with van der Waals surface area (Å²) in [7, 11) is 0. The molecule has 0 radical (unpaired) electrons. The Bertz CT molecular complexity index is 405. The molecule has 100 valence electrons. The molecule has 2 atom stereocenters. The fourth-order valence-corrected chi connectivity index (χ4v) is 2.55. The molecule has 1 aliphatic carbocycles. The predicted octanol–water partition coefficient (Wildman–Crippen LogP) is 0.517. The monoisotopic (exact) mass is 253 g/mol. The van der Waals surface area contributed by atoms with E-state index in [4.69, 9.17) is 9.63 Å². The summed E-state index contributed by atoms with van der Waals surface area (Å²) in [5.74, 6) is 1.72. The van der Waals surface area contributed by atoms with E-state index in [-0.39, 0.29) is 12.5 Å². The number of aliphatic hydroxyl groups is 2. The molecular weight excluding hydrogens is 234 g/mol. The Morgan fingerprint density at radius 3 is 2.78 bits per heavy atom. The molecule has 0 unspecified atom stereocenters. The standard InChI is InChI=1S/C12H19N3O3/c16-7-9-4-5-15(6-10(9)17)12-13-11(18-14-12)8-2-1-3-8/h8-10,16-17H,1-7H2/t9-,10+/m1/s1. The quantitative estimate of drug-likeness (QED) is 0.817. The van der Waals surface area contributed by atoms with Crippen LogP contribution in [0.5, 0.6) is 0 Å². The van der Waals surface area contributed by atoms with Crippen LogP contribution in [0, 0.1) is 5.92 Å². The molecule has 2 heterocycles. The third-order valence-corrected chi connectivity index (χ3v) is 4.12. The molecule has 2 fully saturated rings. The Morgan fingerprint density at radius 2 is 2.17 bits per heavy atom. The summed E-state index contributed by atoms with van der Waals surface area (Å²) in [5, 5.41) is 23.0. The Kier molecular flexibility index (Phi) is 3.22. The van der Waals surface area contributed by atoms with Crippen molar-refractivity contribution in [1.29, 1.82) is 0 Å². The van der Waals surface area contributed by atoms with Gasteiger partial charge >= 0.3 is 0 Å². The second-order valence-corrected chi connectivity index (χ2v) is 5.31. The highest BCUT2D eigenvalue weighted by atomic mass is 16.5. The third kappa shape index (κ3) is 2.10. The predicted molar refractivity (Wildman–Crippen MR) is 64.3 cm³/mol. The van der Waals surface area contributed by atoms with Gasteiger partial charge in [0.15, 0.2) is 0 Å². The van der Waals surface area contributed by atoms with Gasteiger partial charge in [0.25, 0.3) is 5.95 Å². The highest BCUT2D eigenvalue weighted by molar-refractivity contribution is 5.29. The SMILES string of the molecule is OC[C@H]1CCN(c2noc(C3CCC3)n2)C[C@@H]1O. The van der Waals surface area contributed by atoms with E-state index in [1.54, 1.807) is 0 Å². The lowest BCUT2D eigenvalue weighted by Crippen LogP contribution is -2.45. The van der Waals surface area contributed by atoms with E-state index in [1.165, 1.54) is 6.42 Å². The third-order valence-electron chi connectivity index (χ3n) is 4.12. The smallest absolute Gasteiger partial charge is 0.266 e. The number of piperidine rings is 1. The van der Waals surface area contributed by atoms with E-state index in [0.717, 1.165) is 31.7 Å². The molecule has 18 heavy (non-hydrogen) atoms. The van der Waals surface area contributed by atoms with Gasteiger partial charge in [-0.1, -0.05) is 6.42 Å². The maximum atomic E-state index is 9.89. The van der Waals surface area contributed by atoms with Gasteiger partial charge in [-0.05, 0) is 24.4 Å². The minimum atomic E-state index is -0.519. The van der Waals surface area contributed by atoms with Crippen molar-refractivity contribution in [3.05, 3.63) is 5.89 Å². The molecule has 6 nitrogen and oxygen atoms in total. The molecule has 1 aromatic heterocycles. The van der Waals surface area contributed by atoms with Gasteiger partial charge < -0.3 is 19.6 Å². The van der Waals surface area contributed by atoms with Crippen molar-refractivity contribution < 1.29 is 14.7 Å². The van der Waals surface area contributed by atoms with Crippen LogP contribution in [0.25, 0.3) is 0 Å². The van der Waals surface area contributed by atoms with Crippen LogP contribution in [-0.2, 0) is 0 Å². The van der Waals surface area contributed by atoms with Crippen LogP contribution in [0.2, 0.25) is 0 Å². The average molecular weight is 253 g/mol. The Balaban J connectivity index is 1.66. The van der Waals surface area contributed by atoms with Crippen LogP contribution >= 0.6 is 0 Å². The lowest BCUT2D eigenvalue weighted by atomic mass is 9.85. The molecule has 0 spiro atoms. The fraction of sp³-hybridized carbons (Fsp3) is 0.833. The highest BCUT2D eigenvalue weighted by Gasteiger charge is 2.31. The van der Waals surface area contributed by atoms with Crippen molar-refractivity contribution in [2.45, 2.75) is 37.7 Å². The largest absolute Gasteiger partial charge is 0.396 e. The first-order chi connectivity index (χ1) is 8.78. The highest BCUT2D eigenvalue weighted by Crippen LogP contribution is 2.36. The van der Waals surface area contributed by atoms with Crippen molar-refractivity contribution in [3.63, 3.8) is 0 Å². The molecule has 2 N–H and O–H groups in total.